The van der Waals surface area contributed by atoms with Gasteiger partial charge in [0.05, 0.1) is 0 Å². The Morgan fingerprint density at radius 3 is 2.31 bits per heavy atom. The number of benzene rings is 1. The highest BCUT2D eigenvalue weighted by atomic mass is 16.5. The fourth-order valence-corrected chi connectivity index (χ4v) is 1.16. The van der Waals surface area contributed by atoms with E-state index in [9.17, 15) is 0 Å². The first-order valence-corrected chi connectivity index (χ1v) is 4.33. The van der Waals surface area contributed by atoms with Gasteiger partial charge in [-0.25, -0.2) is 0 Å². The molecule has 0 aliphatic rings. The molecule has 0 saturated heterocycles. The molecule has 0 amide bonds. The standard InChI is InChI=1S/C10H15NO2/c1-7(2)11-9-6-4-3-5-8(9)10(12)13/h3-7,10-13H,1-2H3. The zero-order chi connectivity index (χ0) is 9.84. The Bertz CT molecular complexity index is 271. The Morgan fingerprint density at radius 1 is 1.15 bits per heavy atom. The fourth-order valence-electron chi connectivity index (χ4n) is 1.16. The first-order valence-electron chi connectivity index (χ1n) is 4.33. The van der Waals surface area contributed by atoms with Crippen LogP contribution in [-0.2, 0) is 0 Å². The zero-order valence-corrected chi connectivity index (χ0v) is 7.86. The maximum absolute atomic E-state index is 9.03. The number of anilines is 1. The molecule has 1 rings (SSSR count). The lowest BCUT2D eigenvalue weighted by atomic mass is 10.1. The molecule has 0 aromatic heterocycles. The van der Waals surface area contributed by atoms with Gasteiger partial charge in [-0.05, 0) is 19.9 Å². The Balaban J connectivity index is 2.91. The van der Waals surface area contributed by atoms with E-state index in [-0.39, 0.29) is 6.04 Å². The van der Waals surface area contributed by atoms with Crippen LogP contribution in [0.4, 0.5) is 5.69 Å². The summed E-state index contributed by atoms with van der Waals surface area (Å²) in [5.41, 5.74) is 1.28. The number of aliphatic hydroxyl groups excluding tert-OH is 1. The van der Waals surface area contributed by atoms with Crippen LogP contribution in [0.5, 0.6) is 0 Å². The topological polar surface area (TPSA) is 52.5 Å². The van der Waals surface area contributed by atoms with Crippen molar-refractivity contribution in [3.63, 3.8) is 0 Å². The van der Waals surface area contributed by atoms with Gasteiger partial charge in [0.15, 0.2) is 6.29 Å². The Labute approximate surface area is 78.0 Å². The molecule has 0 spiro atoms. The fraction of sp³-hybridized carbons (Fsp3) is 0.400. The molecule has 3 heteroatoms. The molecule has 0 atom stereocenters. The first-order chi connectivity index (χ1) is 6.11. The lowest BCUT2D eigenvalue weighted by Crippen LogP contribution is -2.12. The van der Waals surface area contributed by atoms with Crippen LogP contribution >= 0.6 is 0 Å². The number of aliphatic hydroxyl groups is 2. The molecule has 0 heterocycles. The molecule has 1 aromatic rings. The van der Waals surface area contributed by atoms with Gasteiger partial charge in [-0.15, -0.1) is 0 Å². The minimum Gasteiger partial charge on any atom is -0.382 e. The Morgan fingerprint density at radius 2 is 1.77 bits per heavy atom. The summed E-state index contributed by atoms with van der Waals surface area (Å²) in [5, 5.41) is 21.2. The molecule has 0 unspecified atom stereocenters. The van der Waals surface area contributed by atoms with Crippen LogP contribution in [0.25, 0.3) is 0 Å². The van der Waals surface area contributed by atoms with Gasteiger partial charge >= 0.3 is 0 Å². The van der Waals surface area contributed by atoms with Crippen LogP contribution in [0.2, 0.25) is 0 Å². The molecular weight excluding hydrogens is 166 g/mol. The number of rotatable bonds is 3. The summed E-state index contributed by atoms with van der Waals surface area (Å²) < 4.78 is 0. The molecule has 3 N–H and O–H groups in total. The molecule has 0 radical (unpaired) electrons. The summed E-state index contributed by atoms with van der Waals surface area (Å²) in [4.78, 5) is 0. The molecule has 0 fully saturated rings. The zero-order valence-electron chi connectivity index (χ0n) is 7.86. The van der Waals surface area contributed by atoms with Gasteiger partial charge < -0.3 is 15.5 Å². The highest BCUT2D eigenvalue weighted by Crippen LogP contribution is 2.21. The summed E-state index contributed by atoms with van der Waals surface area (Å²) in [6.45, 7) is 4.00. The molecule has 0 bridgehead atoms. The normalized spacial score (nSPS) is 10.9. The monoisotopic (exact) mass is 181 g/mol. The van der Waals surface area contributed by atoms with Gasteiger partial charge in [0.25, 0.3) is 0 Å². The maximum Gasteiger partial charge on any atom is 0.180 e. The van der Waals surface area contributed by atoms with E-state index in [0.29, 0.717) is 5.56 Å². The second kappa shape index (κ2) is 4.25. The molecule has 13 heavy (non-hydrogen) atoms. The van der Waals surface area contributed by atoms with E-state index >= 15 is 0 Å². The second-order valence-corrected chi connectivity index (χ2v) is 3.26. The molecule has 72 valence electrons. The summed E-state index contributed by atoms with van der Waals surface area (Å²) in [7, 11) is 0. The summed E-state index contributed by atoms with van der Waals surface area (Å²) in [6, 6.07) is 7.43. The summed E-state index contributed by atoms with van der Waals surface area (Å²) in [5.74, 6) is 0. The predicted octanol–water partition coefficient (Wildman–Crippen LogP) is 1.49. The first kappa shape index (κ1) is 10.0. The van der Waals surface area contributed by atoms with Crippen molar-refractivity contribution in [2.75, 3.05) is 5.32 Å². The van der Waals surface area contributed by atoms with Crippen LogP contribution in [0.15, 0.2) is 24.3 Å². The number of hydrogen-bond donors (Lipinski definition) is 3. The van der Waals surface area contributed by atoms with E-state index < -0.39 is 6.29 Å². The Hall–Kier alpha value is -1.06. The highest BCUT2D eigenvalue weighted by molar-refractivity contribution is 5.52. The van der Waals surface area contributed by atoms with E-state index in [2.05, 4.69) is 5.32 Å². The van der Waals surface area contributed by atoms with Crippen molar-refractivity contribution in [2.24, 2.45) is 0 Å². The third-order valence-electron chi connectivity index (χ3n) is 1.68. The third-order valence-corrected chi connectivity index (χ3v) is 1.68. The molecule has 0 aliphatic carbocycles. The van der Waals surface area contributed by atoms with Crippen molar-refractivity contribution in [1.82, 2.24) is 0 Å². The highest BCUT2D eigenvalue weighted by Gasteiger charge is 2.08. The van der Waals surface area contributed by atoms with Gasteiger partial charge in [-0.3, -0.25) is 0 Å². The van der Waals surface area contributed by atoms with Crippen molar-refractivity contribution < 1.29 is 10.2 Å². The van der Waals surface area contributed by atoms with Gasteiger partial charge in [0.1, 0.15) is 0 Å². The van der Waals surface area contributed by atoms with Crippen molar-refractivity contribution in [3.05, 3.63) is 29.8 Å². The lowest BCUT2D eigenvalue weighted by molar-refractivity contribution is -0.0419. The predicted molar refractivity (Wildman–Crippen MR) is 52.4 cm³/mol. The lowest BCUT2D eigenvalue weighted by Gasteiger charge is -2.15. The molecule has 0 aliphatic heterocycles. The van der Waals surface area contributed by atoms with Gasteiger partial charge in [0, 0.05) is 17.3 Å². The smallest absolute Gasteiger partial charge is 0.180 e. The van der Waals surface area contributed by atoms with Crippen LogP contribution in [0.1, 0.15) is 25.7 Å². The number of nitrogens with one attached hydrogen (secondary N) is 1. The minimum atomic E-state index is -1.41. The van der Waals surface area contributed by atoms with Crippen molar-refractivity contribution in [3.8, 4) is 0 Å². The molecule has 1 aromatic carbocycles. The number of para-hydroxylation sites is 1. The van der Waals surface area contributed by atoms with Crippen LogP contribution in [0, 0.1) is 0 Å². The average Bonchev–Trinajstić information content (AvgIpc) is 2.03. The van der Waals surface area contributed by atoms with Crippen molar-refractivity contribution >= 4 is 5.69 Å². The van der Waals surface area contributed by atoms with Crippen molar-refractivity contribution in [1.29, 1.82) is 0 Å². The molecular formula is C10H15NO2. The van der Waals surface area contributed by atoms with Crippen LogP contribution in [0.3, 0.4) is 0 Å². The SMILES string of the molecule is CC(C)Nc1ccccc1C(O)O. The van der Waals surface area contributed by atoms with E-state index in [0.717, 1.165) is 5.69 Å². The summed E-state index contributed by atoms with van der Waals surface area (Å²) in [6.07, 6.45) is -1.41. The van der Waals surface area contributed by atoms with Crippen molar-refractivity contribution in [2.45, 2.75) is 26.2 Å². The maximum atomic E-state index is 9.03. The van der Waals surface area contributed by atoms with E-state index in [4.69, 9.17) is 10.2 Å². The van der Waals surface area contributed by atoms with E-state index in [1.165, 1.54) is 0 Å². The Kier molecular flexibility index (Phi) is 3.28. The average molecular weight is 181 g/mol. The quantitative estimate of drug-likeness (QED) is 0.619. The third kappa shape index (κ3) is 2.72. The van der Waals surface area contributed by atoms with E-state index in [1.54, 1.807) is 12.1 Å². The second-order valence-electron chi connectivity index (χ2n) is 3.26. The van der Waals surface area contributed by atoms with Crippen LogP contribution in [-0.4, -0.2) is 16.3 Å². The van der Waals surface area contributed by atoms with Crippen LogP contribution < -0.4 is 5.32 Å². The minimum absolute atomic E-state index is 0.278. The largest absolute Gasteiger partial charge is 0.382 e. The summed E-state index contributed by atoms with van der Waals surface area (Å²) >= 11 is 0. The van der Waals surface area contributed by atoms with Gasteiger partial charge in [-0.1, -0.05) is 18.2 Å². The van der Waals surface area contributed by atoms with Gasteiger partial charge in [0.2, 0.25) is 0 Å². The molecule has 3 nitrogen and oxygen atoms in total. The van der Waals surface area contributed by atoms with Gasteiger partial charge in [-0.2, -0.15) is 0 Å². The molecule has 0 saturated carbocycles. The number of hydrogen-bond acceptors (Lipinski definition) is 3. The van der Waals surface area contributed by atoms with E-state index in [1.807, 2.05) is 26.0 Å².